The molecule has 1 amide bonds. The van der Waals surface area contributed by atoms with E-state index in [9.17, 15) is 23.1 Å². The molecule has 156 valence electrons. The molecular weight excluding hydrogens is 373 g/mol. The molecule has 0 saturated heterocycles. The summed E-state index contributed by atoms with van der Waals surface area (Å²) in [5.41, 5.74) is -3.28. The van der Waals surface area contributed by atoms with Crippen LogP contribution in [0, 0.1) is 5.41 Å². The summed E-state index contributed by atoms with van der Waals surface area (Å²) in [5.74, 6) is -0.402. The molecule has 2 aromatic heterocycles. The van der Waals surface area contributed by atoms with Gasteiger partial charge < -0.3 is 5.11 Å². The fraction of sp³-hybridized carbons (Fsp3) is 0.632. The quantitative estimate of drug-likeness (QED) is 0.804. The van der Waals surface area contributed by atoms with E-state index < -0.39 is 34.3 Å². The van der Waals surface area contributed by atoms with Gasteiger partial charge in [-0.25, -0.2) is 9.97 Å². The van der Waals surface area contributed by atoms with Gasteiger partial charge in [-0.15, -0.1) is 0 Å². The number of alkyl halides is 3. The Kier molecular flexibility index (Phi) is 5.31. The summed E-state index contributed by atoms with van der Waals surface area (Å²) in [5, 5.41) is 13.2. The molecule has 0 bridgehead atoms. The van der Waals surface area contributed by atoms with Crippen LogP contribution in [0.1, 0.15) is 60.6 Å². The van der Waals surface area contributed by atoms with Crippen LogP contribution in [0.3, 0.4) is 0 Å². The zero-order valence-electron chi connectivity index (χ0n) is 17.2. The molecule has 2 aromatic rings. The van der Waals surface area contributed by atoms with E-state index in [1.165, 1.54) is 10.6 Å². The molecule has 2 rings (SSSR count). The number of carbonyl (C=O) groups excluding carboxylic acids is 1. The number of nitrogens with zero attached hydrogens (tertiary/aromatic N) is 3. The van der Waals surface area contributed by atoms with Crippen LogP contribution in [0.5, 0.6) is 0 Å². The topological polar surface area (TPSA) is 80.0 Å². The summed E-state index contributed by atoms with van der Waals surface area (Å²) in [6.07, 6.45) is -4.78. The van der Waals surface area contributed by atoms with E-state index >= 15 is 0 Å². The van der Waals surface area contributed by atoms with Gasteiger partial charge in [-0.3, -0.25) is 14.7 Å². The SMILES string of the molecule is CC(C)(C)n1c(NC(=O)CC(C)(O)C(C)(C)C)nc2ccc(C(F)(F)F)nc21. The smallest absolute Gasteiger partial charge is 0.389 e. The highest BCUT2D eigenvalue weighted by molar-refractivity contribution is 5.91. The molecule has 28 heavy (non-hydrogen) atoms. The van der Waals surface area contributed by atoms with Gasteiger partial charge in [0.25, 0.3) is 0 Å². The predicted octanol–water partition coefficient (Wildman–Crippen LogP) is 4.33. The van der Waals surface area contributed by atoms with Crippen molar-refractivity contribution < 1.29 is 23.1 Å². The molecule has 0 aliphatic carbocycles. The normalized spacial score (nSPS) is 15.5. The van der Waals surface area contributed by atoms with Crippen LogP contribution in [0.2, 0.25) is 0 Å². The lowest BCUT2D eigenvalue weighted by molar-refractivity contribution is -0.141. The number of aromatic nitrogens is 3. The average Bonchev–Trinajstić information content (AvgIpc) is 2.80. The number of anilines is 1. The third-order valence-corrected chi connectivity index (χ3v) is 4.84. The number of halogens is 3. The van der Waals surface area contributed by atoms with Gasteiger partial charge in [0.15, 0.2) is 5.65 Å². The van der Waals surface area contributed by atoms with Gasteiger partial charge in [-0.1, -0.05) is 20.8 Å². The van der Waals surface area contributed by atoms with Crippen molar-refractivity contribution >= 4 is 23.0 Å². The Morgan fingerprint density at radius 3 is 2.11 bits per heavy atom. The van der Waals surface area contributed by atoms with Gasteiger partial charge in [0.2, 0.25) is 11.9 Å². The summed E-state index contributed by atoms with van der Waals surface area (Å²) >= 11 is 0. The molecule has 6 nitrogen and oxygen atoms in total. The number of hydrogen-bond acceptors (Lipinski definition) is 4. The number of rotatable bonds is 3. The van der Waals surface area contributed by atoms with Gasteiger partial charge in [0.05, 0.1) is 12.0 Å². The first-order valence-corrected chi connectivity index (χ1v) is 8.93. The summed E-state index contributed by atoms with van der Waals surface area (Å²) in [6, 6.07) is 2.09. The molecule has 1 unspecified atom stereocenters. The Hall–Kier alpha value is -2.16. The molecule has 9 heteroatoms. The first-order chi connectivity index (χ1) is 12.4. The fourth-order valence-corrected chi connectivity index (χ4v) is 2.58. The van der Waals surface area contributed by atoms with E-state index in [1.54, 1.807) is 27.7 Å². The van der Waals surface area contributed by atoms with E-state index in [-0.39, 0.29) is 23.5 Å². The summed E-state index contributed by atoms with van der Waals surface area (Å²) in [6.45, 7) is 12.3. The number of nitrogens with one attached hydrogen (secondary N) is 1. The molecule has 0 aliphatic heterocycles. The van der Waals surface area contributed by atoms with Crippen LogP contribution < -0.4 is 5.32 Å². The van der Waals surface area contributed by atoms with Crippen molar-refractivity contribution in [3.8, 4) is 0 Å². The molecule has 0 spiro atoms. The lowest BCUT2D eigenvalue weighted by Gasteiger charge is -2.36. The number of pyridine rings is 1. The molecule has 2 heterocycles. The lowest BCUT2D eigenvalue weighted by Crippen LogP contribution is -2.43. The number of fused-ring (bicyclic) bond motifs is 1. The van der Waals surface area contributed by atoms with Crippen molar-refractivity contribution in [1.29, 1.82) is 0 Å². The van der Waals surface area contributed by atoms with Crippen LogP contribution in [-0.2, 0) is 16.5 Å². The monoisotopic (exact) mass is 400 g/mol. The van der Waals surface area contributed by atoms with E-state index in [0.717, 1.165) is 6.07 Å². The van der Waals surface area contributed by atoms with E-state index in [1.807, 2.05) is 20.8 Å². The molecular formula is C19H27F3N4O2. The maximum atomic E-state index is 13.1. The number of imidazole rings is 1. The zero-order chi connectivity index (χ0) is 21.7. The highest BCUT2D eigenvalue weighted by Gasteiger charge is 2.38. The van der Waals surface area contributed by atoms with Crippen molar-refractivity contribution in [2.75, 3.05) is 5.32 Å². The number of hydrogen-bond donors (Lipinski definition) is 2. The van der Waals surface area contributed by atoms with Gasteiger partial charge >= 0.3 is 6.18 Å². The molecule has 0 aromatic carbocycles. The molecule has 0 aliphatic rings. The number of amides is 1. The minimum Gasteiger partial charge on any atom is -0.389 e. The highest BCUT2D eigenvalue weighted by atomic mass is 19.4. The van der Waals surface area contributed by atoms with Crippen molar-refractivity contribution in [1.82, 2.24) is 14.5 Å². The van der Waals surface area contributed by atoms with E-state index in [0.29, 0.717) is 0 Å². The fourth-order valence-electron chi connectivity index (χ4n) is 2.58. The van der Waals surface area contributed by atoms with Crippen LogP contribution in [0.4, 0.5) is 19.1 Å². The average molecular weight is 400 g/mol. The molecule has 1 atom stereocenters. The summed E-state index contributed by atoms with van der Waals surface area (Å²) < 4.78 is 40.7. The number of aliphatic hydroxyl groups is 1. The van der Waals surface area contributed by atoms with Crippen molar-refractivity contribution in [3.05, 3.63) is 17.8 Å². The first kappa shape index (κ1) is 22.1. The molecule has 0 fully saturated rings. The van der Waals surface area contributed by atoms with Crippen LogP contribution >= 0.6 is 0 Å². The van der Waals surface area contributed by atoms with Crippen LogP contribution in [0.25, 0.3) is 11.2 Å². The van der Waals surface area contributed by atoms with Gasteiger partial charge in [0, 0.05) is 5.54 Å². The van der Waals surface area contributed by atoms with Crippen LogP contribution in [0.15, 0.2) is 12.1 Å². The highest BCUT2D eigenvalue weighted by Crippen LogP contribution is 2.34. The van der Waals surface area contributed by atoms with Gasteiger partial charge in [-0.2, -0.15) is 13.2 Å². The third-order valence-electron chi connectivity index (χ3n) is 4.84. The maximum Gasteiger partial charge on any atom is 0.433 e. The Morgan fingerprint density at radius 1 is 1.07 bits per heavy atom. The van der Waals surface area contributed by atoms with E-state index in [2.05, 4.69) is 15.3 Å². The Morgan fingerprint density at radius 2 is 1.64 bits per heavy atom. The second-order valence-electron chi connectivity index (χ2n) is 9.23. The number of carbonyl (C=O) groups is 1. The van der Waals surface area contributed by atoms with Crippen molar-refractivity contribution in [2.24, 2.45) is 5.41 Å². The minimum atomic E-state index is -4.59. The van der Waals surface area contributed by atoms with Gasteiger partial charge in [0.1, 0.15) is 11.2 Å². The van der Waals surface area contributed by atoms with Crippen LogP contribution in [-0.4, -0.2) is 31.1 Å². The maximum absolute atomic E-state index is 13.1. The summed E-state index contributed by atoms with van der Waals surface area (Å²) in [4.78, 5) is 20.5. The molecule has 0 saturated carbocycles. The predicted molar refractivity (Wildman–Crippen MR) is 101 cm³/mol. The second-order valence-corrected chi connectivity index (χ2v) is 9.23. The first-order valence-electron chi connectivity index (χ1n) is 8.93. The van der Waals surface area contributed by atoms with Crippen molar-refractivity contribution in [3.63, 3.8) is 0 Å². The third kappa shape index (κ3) is 4.45. The van der Waals surface area contributed by atoms with Crippen molar-refractivity contribution in [2.45, 2.75) is 72.2 Å². The Balaban J connectivity index is 2.49. The minimum absolute atomic E-state index is 0.0280. The van der Waals surface area contributed by atoms with Gasteiger partial charge in [-0.05, 0) is 45.2 Å². The molecule has 2 N–H and O–H groups in total. The van der Waals surface area contributed by atoms with E-state index in [4.69, 9.17) is 0 Å². The standard InChI is InChI=1S/C19H27F3N4O2/c1-16(2,3)18(7,28)10-13(27)25-15-23-11-8-9-12(19(20,21)22)24-14(11)26(15)17(4,5)6/h8-9,28H,10H2,1-7H3,(H,23,25,27). The molecule has 0 radical (unpaired) electrons. The largest absolute Gasteiger partial charge is 0.433 e. The summed E-state index contributed by atoms with van der Waals surface area (Å²) in [7, 11) is 0. The Bertz CT molecular complexity index is 887. The second kappa shape index (κ2) is 6.72. The Labute approximate surface area is 162 Å². The zero-order valence-corrected chi connectivity index (χ0v) is 17.2. The lowest BCUT2D eigenvalue weighted by atomic mass is 9.76.